The van der Waals surface area contributed by atoms with Crippen LogP contribution in [0.4, 0.5) is 0 Å². The molecule has 0 bridgehead atoms. The van der Waals surface area contributed by atoms with Gasteiger partial charge in [0, 0.05) is 12.6 Å². The summed E-state index contributed by atoms with van der Waals surface area (Å²) in [5.41, 5.74) is 1.28. The van der Waals surface area contributed by atoms with Crippen LogP contribution < -0.4 is 9.47 Å². The van der Waals surface area contributed by atoms with E-state index < -0.39 is 27.2 Å². The summed E-state index contributed by atoms with van der Waals surface area (Å²) >= 11 is 0. The molecule has 2 aromatic carbocycles. The number of carbonyl (C=O) groups is 1. The lowest BCUT2D eigenvalue weighted by atomic mass is 10.1. The van der Waals surface area contributed by atoms with Gasteiger partial charge in [-0.05, 0) is 43.5 Å². The van der Waals surface area contributed by atoms with Crippen LogP contribution in [-0.2, 0) is 21.2 Å². The highest BCUT2D eigenvalue weighted by Gasteiger charge is 2.51. The highest BCUT2D eigenvalue weighted by atomic mass is 32.2. The number of hydrogen-bond acceptors (Lipinski definition) is 7. The van der Waals surface area contributed by atoms with Gasteiger partial charge in [0.25, 0.3) is 15.9 Å². The number of aliphatic imine (C=N–C) groups is 1. The van der Waals surface area contributed by atoms with Crippen LogP contribution in [0, 0.1) is 0 Å². The van der Waals surface area contributed by atoms with E-state index >= 15 is 0 Å². The fraction of sp³-hybridized carbons (Fsp3) is 0.364. The van der Waals surface area contributed by atoms with Crippen molar-refractivity contribution >= 4 is 21.6 Å². The Hall–Kier alpha value is -3.07. The van der Waals surface area contributed by atoms with Gasteiger partial charge in [0.05, 0.1) is 14.2 Å². The molecule has 0 saturated carbocycles. The zero-order valence-corrected chi connectivity index (χ0v) is 18.7. The Balaban J connectivity index is 1.95. The molecule has 1 aliphatic rings. The Morgan fingerprint density at radius 1 is 1.10 bits per heavy atom. The zero-order valence-electron chi connectivity index (χ0n) is 17.9. The molecule has 1 fully saturated rings. The van der Waals surface area contributed by atoms with E-state index in [4.69, 9.17) is 9.47 Å². The van der Waals surface area contributed by atoms with E-state index in [9.17, 15) is 18.3 Å². The molecule has 2 aromatic rings. The van der Waals surface area contributed by atoms with Gasteiger partial charge < -0.3 is 14.6 Å². The summed E-state index contributed by atoms with van der Waals surface area (Å²) in [4.78, 5) is 17.4. The van der Waals surface area contributed by atoms with Gasteiger partial charge in [0.15, 0.2) is 16.7 Å². The molecule has 9 heteroatoms. The number of rotatable bonds is 7. The lowest BCUT2D eigenvalue weighted by Gasteiger charge is -2.19. The summed E-state index contributed by atoms with van der Waals surface area (Å²) in [7, 11) is -1.05. The third-order valence-corrected chi connectivity index (χ3v) is 7.26. The highest BCUT2D eigenvalue weighted by Crippen LogP contribution is 2.38. The molecular weight excluding hydrogens is 420 g/mol. The maximum Gasteiger partial charge on any atom is 0.283 e. The first-order valence-electron chi connectivity index (χ1n) is 9.83. The minimum Gasteiger partial charge on any atom is -0.502 e. The zero-order chi connectivity index (χ0) is 22.8. The van der Waals surface area contributed by atoms with Gasteiger partial charge in [-0.2, -0.15) is 0 Å². The Labute approximate surface area is 182 Å². The first kappa shape index (κ1) is 22.6. The van der Waals surface area contributed by atoms with Crippen LogP contribution in [0.5, 0.6) is 17.2 Å². The van der Waals surface area contributed by atoms with Crippen molar-refractivity contribution < 1.29 is 27.8 Å². The number of amides is 1. The summed E-state index contributed by atoms with van der Waals surface area (Å²) in [5.74, 6) is -0.178. The summed E-state index contributed by atoms with van der Waals surface area (Å²) in [6.07, 6.45) is 0.396. The number of carbonyl (C=O) groups excluding carboxylic acids is 1. The molecule has 1 saturated heterocycles. The minimum absolute atomic E-state index is 0.0117. The van der Waals surface area contributed by atoms with Gasteiger partial charge in [0.1, 0.15) is 5.71 Å². The molecule has 0 aromatic heterocycles. The number of ether oxygens (including phenoxy) is 2. The molecule has 1 heterocycles. The third kappa shape index (κ3) is 4.23. The van der Waals surface area contributed by atoms with Crippen molar-refractivity contribution in [2.24, 2.45) is 4.99 Å². The topological polar surface area (TPSA) is 106 Å². The van der Waals surface area contributed by atoms with Crippen molar-refractivity contribution in [1.82, 2.24) is 4.31 Å². The average Bonchev–Trinajstić information content (AvgIpc) is 2.94. The predicted molar refractivity (Wildman–Crippen MR) is 117 cm³/mol. The van der Waals surface area contributed by atoms with Crippen molar-refractivity contribution in [3.63, 3.8) is 0 Å². The Morgan fingerprint density at radius 2 is 1.68 bits per heavy atom. The van der Waals surface area contributed by atoms with Crippen LogP contribution in [0.1, 0.15) is 30.2 Å². The monoisotopic (exact) mass is 446 g/mol. The molecule has 0 radical (unpaired) electrons. The van der Waals surface area contributed by atoms with E-state index in [1.807, 2.05) is 0 Å². The van der Waals surface area contributed by atoms with Gasteiger partial charge in [0.2, 0.25) is 5.75 Å². The molecule has 1 atom stereocenters. The van der Waals surface area contributed by atoms with Crippen molar-refractivity contribution in [2.75, 3.05) is 20.8 Å². The van der Waals surface area contributed by atoms with Crippen LogP contribution in [0.3, 0.4) is 0 Å². The summed E-state index contributed by atoms with van der Waals surface area (Å²) in [5, 5.41) is 8.92. The van der Waals surface area contributed by atoms with Crippen molar-refractivity contribution in [1.29, 1.82) is 0 Å². The fourth-order valence-electron chi connectivity index (χ4n) is 3.63. The first-order chi connectivity index (χ1) is 14.7. The summed E-state index contributed by atoms with van der Waals surface area (Å²) in [6, 6.07) is 11.4. The van der Waals surface area contributed by atoms with Crippen LogP contribution in [0.2, 0.25) is 0 Å². The maximum atomic E-state index is 13.2. The van der Waals surface area contributed by atoms with E-state index in [2.05, 4.69) is 4.99 Å². The molecule has 31 heavy (non-hydrogen) atoms. The van der Waals surface area contributed by atoms with Crippen molar-refractivity contribution in [3.8, 4) is 17.2 Å². The largest absolute Gasteiger partial charge is 0.502 e. The second-order valence-corrected chi connectivity index (χ2v) is 9.29. The van der Waals surface area contributed by atoms with Crippen molar-refractivity contribution in [2.45, 2.75) is 31.6 Å². The summed E-state index contributed by atoms with van der Waals surface area (Å²) in [6.45, 7) is 3.51. The van der Waals surface area contributed by atoms with E-state index in [1.54, 1.807) is 56.3 Å². The predicted octanol–water partition coefficient (Wildman–Crippen LogP) is 2.71. The SMILES string of the molecule is COc1cc(CCN=C2C(=O)N(C(C)C)S(=O)(=O)C2c2ccccc2)cc(OC)c1O. The molecule has 1 unspecified atom stereocenters. The van der Waals surface area contributed by atoms with E-state index in [0.29, 0.717) is 12.0 Å². The Kier molecular flexibility index (Phi) is 6.54. The molecule has 8 nitrogen and oxygen atoms in total. The Bertz CT molecular complexity index is 1070. The number of aromatic hydroxyl groups is 1. The van der Waals surface area contributed by atoms with Crippen LogP contribution in [0.25, 0.3) is 0 Å². The van der Waals surface area contributed by atoms with Crippen LogP contribution in [-0.4, -0.2) is 56.3 Å². The number of benzene rings is 2. The highest BCUT2D eigenvalue weighted by molar-refractivity contribution is 7.91. The number of phenols is 1. The molecule has 1 N–H and O–H groups in total. The number of hydrogen-bond donors (Lipinski definition) is 1. The van der Waals surface area contributed by atoms with Gasteiger partial charge in [-0.1, -0.05) is 30.3 Å². The second kappa shape index (κ2) is 8.97. The minimum atomic E-state index is -3.92. The summed E-state index contributed by atoms with van der Waals surface area (Å²) < 4.78 is 37.5. The fourth-order valence-corrected chi connectivity index (χ4v) is 5.73. The molecule has 3 rings (SSSR count). The van der Waals surface area contributed by atoms with E-state index in [0.717, 1.165) is 9.87 Å². The Morgan fingerprint density at radius 3 is 2.19 bits per heavy atom. The van der Waals surface area contributed by atoms with E-state index in [1.165, 1.54) is 14.2 Å². The third-order valence-electron chi connectivity index (χ3n) is 5.03. The van der Waals surface area contributed by atoms with Crippen molar-refractivity contribution in [3.05, 3.63) is 53.6 Å². The van der Waals surface area contributed by atoms with E-state index in [-0.39, 0.29) is 29.5 Å². The maximum absolute atomic E-state index is 13.2. The standard InChI is InChI=1S/C22H26N2O6S/c1-14(2)24-22(26)19(21(31(24,27)28)16-8-6-5-7-9-16)23-11-10-15-12-17(29-3)20(25)18(13-15)30-4/h5-9,12-14,21,25H,10-11H2,1-4H3. The molecule has 1 aliphatic heterocycles. The number of sulfonamides is 1. The molecule has 166 valence electrons. The van der Waals surface area contributed by atoms with Gasteiger partial charge in [-0.15, -0.1) is 0 Å². The van der Waals surface area contributed by atoms with Gasteiger partial charge >= 0.3 is 0 Å². The molecule has 0 spiro atoms. The average molecular weight is 447 g/mol. The number of methoxy groups -OCH3 is 2. The lowest BCUT2D eigenvalue weighted by molar-refractivity contribution is -0.120. The van der Waals surface area contributed by atoms with Gasteiger partial charge in [-0.25, -0.2) is 12.7 Å². The second-order valence-electron chi connectivity index (χ2n) is 7.40. The smallest absolute Gasteiger partial charge is 0.283 e. The van der Waals surface area contributed by atoms with Gasteiger partial charge in [-0.3, -0.25) is 9.79 Å². The lowest BCUT2D eigenvalue weighted by Crippen LogP contribution is -2.37. The first-order valence-corrected chi connectivity index (χ1v) is 11.3. The quantitative estimate of drug-likeness (QED) is 0.701. The molecular formula is C22H26N2O6S. The van der Waals surface area contributed by atoms with Crippen LogP contribution in [0.15, 0.2) is 47.5 Å². The normalized spacial score (nSPS) is 19.3. The number of phenolic OH excluding ortho intramolecular Hbond substituents is 1. The number of nitrogens with zero attached hydrogens (tertiary/aromatic N) is 2. The van der Waals surface area contributed by atoms with Crippen LogP contribution >= 0.6 is 0 Å². The molecule has 1 amide bonds. The molecule has 0 aliphatic carbocycles.